The molecule has 5 nitrogen and oxygen atoms in total. The Labute approximate surface area is 158 Å². The topological polar surface area (TPSA) is 72.5 Å². The fraction of sp³-hybridized carbons (Fsp3) is 0.316. The number of sulfone groups is 1. The van der Waals surface area contributed by atoms with E-state index in [9.17, 15) is 13.2 Å². The molecular weight excluding hydrogens is 374 g/mol. The van der Waals surface area contributed by atoms with Gasteiger partial charge >= 0.3 is 0 Å². The lowest BCUT2D eigenvalue weighted by Gasteiger charge is -2.25. The standard InChI is InChI=1S/C19H20ClNO4S/c1-19(2,25-16-6-4-15(20)5-7-16)18(22)21-12-13-3-8-17-14(11-13)9-10-26(17,23)24/h3-8,11H,9-10,12H2,1-2H3,(H,21,22). The largest absolute Gasteiger partial charge is 0.478 e. The predicted octanol–water partition coefficient (Wildman–Crippen LogP) is 3.14. The molecule has 138 valence electrons. The lowest BCUT2D eigenvalue weighted by atomic mass is 10.1. The highest BCUT2D eigenvalue weighted by molar-refractivity contribution is 7.91. The van der Waals surface area contributed by atoms with Crippen molar-refractivity contribution in [2.75, 3.05) is 5.75 Å². The molecule has 1 amide bonds. The predicted molar refractivity (Wildman–Crippen MR) is 100 cm³/mol. The molecule has 1 heterocycles. The zero-order valence-corrected chi connectivity index (χ0v) is 16.2. The average Bonchev–Trinajstić information content (AvgIpc) is 2.89. The summed E-state index contributed by atoms with van der Waals surface area (Å²) in [6.45, 7) is 3.68. The van der Waals surface area contributed by atoms with Crippen LogP contribution in [0.1, 0.15) is 25.0 Å². The molecule has 0 saturated heterocycles. The van der Waals surface area contributed by atoms with Gasteiger partial charge in [0, 0.05) is 11.6 Å². The highest BCUT2D eigenvalue weighted by Crippen LogP contribution is 2.27. The summed E-state index contributed by atoms with van der Waals surface area (Å²) in [5.74, 6) is 0.443. The maximum atomic E-state index is 12.5. The molecule has 1 aliphatic heterocycles. The summed E-state index contributed by atoms with van der Waals surface area (Å²) in [4.78, 5) is 12.9. The van der Waals surface area contributed by atoms with Crippen LogP contribution in [0.4, 0.5) is 0 Å². The summed E-state index contributed by atoms with van der Waals surface area (Å²) in [7, 11) is -3.13. The number of benzene rings is 2. The summed E-state index contributed by atoms with van der Waals surface area (Å²) >= 11 is 5.85. The normalized spacial score (nSPS) is 15.3. The summed E-state index contributed by atoms with van der Waals surface area (Å²) in [5.41, 5.74) is 0.610. The van der Waals surface area contributed by atoms with Gasteiger partial charge < -0.3 is 10.1 Å². The number of aryl methyl sites for hydroxylation is 1. The van der Waals surface area contributed by atoms with Crippen molar-refractivity contribution in [1.29, 1.82) is 0 Å². The maximum absolute atomic E-state index is 12.5. The highest BCUT2D eigenvalue weighted by atomic mass is 35.5. The second-order valence-electron chi connectivity index (χ2n) is 6.76. The van der Waals surface area contributed by atoms with E-state index in [-0.39, 0.29) is 11.7 Å². The Bertz CT molecular complexity index is 937. The zero-order valence-electron chi connectivity index (χ0n) is 14.6. The van der Waals surface area contributed by atoms with Crippen LogP contribution in [0, 0.1) is 0 Å². The van der Waals surface area contributed by atoms with Crippen LogP contribution in [0.15, 0.2) is 47.4 Å². The van der Waals surface area contributed by atoms with Gasteiger partial charge in [0.1, 0.15) is 5.75 Å². The number of amides is 1. The number of ether oxygens (including phenoxy) is 1. The smallest absolute Gasteiger partial charge is 0.263 e. The molecule has 2 aromatic rings. The monoisotopic (exact) mass is 393 g/mol. The van der Waals surface area contributed by atoms with Gasteiger partial charge in [-0.25, -0.2) is 8.42 Å². The fourth-order valence-electron chi connectivity index (χ4n) is 2.83. The summed E-state index contributed by atoms with van der Waals surface area (Å²) < 4.78 is 29.5. The van der Waals surface area contributed by atoms with E-state index in [1.165, 1.54) is 0 Å². The van der Waals surface area contributed by atoms with Gasteiger partial charge in [-0.05, 0) is 61.7 Å². The molecule has 3 rings (SSSR count). The molecule has 2 aromatic carbocycles. The van der Waals surface area contributed by atoms with Crippen LogP contribution in [0.5, 0.6) is 5.75 Å². The molecule has 0 atom stereocenters. The molecule has 1 aliphatic rings. The lowest BCUT2D eigenvalue weighted by Crippen LogP contribution is -2.46. The molecule has 7 heteroatoms. The van der Waals surface area contributed by atoms with Crippen molar-refractivity contribution in [3.8, 4) is 5.75 Å². The first kappa shape index (κ1) is 18.7. The first-order valence-corrected chi connectivity index (χ1v) is 10.3. The Kier molecular flexibility index (Phi) is 4.99. The van der Waals surface area contributed by atoms with Gasteiger partial charge in [0.2, 0.25) is 0 Å². The average molecular weight is 394 g/mol. The number of carbonyl (C=O) groups is 1. The van der Waals surface area contributed by atoms with E-state index in [1.807, 2.05) is 6.07 Å². The van der Waals surface area contributed by atoms with E-state index >= 15 is 0 Å². The molecule has 0 aromatic heterocycles. The number of halogens is 1. The molecule has 0 unspecified atom stereocenters. The van der Waals surface area contributed by atoms with Crippen molar-refractivity contribution in [2.45, 2.75) is 37.3 Å². The summed E-state index contributed by atoms with van der Waals surface area (Å²) in [6.07, 6.45) is 0.518. The van der Waals surface area contributed by atoms with E-state index in [0.29, 0.717) is 28.6 Å². The number of fused-ring (bicyclic) bond motifs is 1. The fourth-order valence-corrected chi connectivity index (χ4v) is 4.51. The molecule has 0 bridgehead atoms. The van der Waals surface area contributed by atoms with E-state index in [0.717, 1.165) is 11.1 Å². The third-order valence-electron chi connectivity index (χ3n) is 4.29. The van der Waals surface area contributed by atoms with Gasteiger partial charge in [-0.3, -0.25) is 4.79 Å². The van der Waals surface area contributed by atoms with Crippen molar-refractivity contribution in [2.24, 2.45) is 0 Å². The molecule has 0 aliphatic carbocycles. The van der Waals surface area contributed by atoms with Gasteiger partial charge in [-0.1, -0.05) is 23.7 Å². The van der Waals surface area contributed by atoms with Crippen molar-refractivity contribution < 1.29 is 17.9 Å². The Morgan fingerprint density at radius 3 is 2.58 bits per heavy atom. The van der Waals surface area contributed by atoms with Crippen molar-refractivity contribution in [3.05, 3.63) is 58.6 Å². The van der Waals surface area contributed by atoms with E-state index in [1.54, 1.807) is 50.2 Å². The van der Waals surface area contributed by atoms with Gasteiger partial charge in [0.05, 0.1) is 10.6 Å². The van der Waals surface area contributed by atoms with Crippen LogP contribution in [0.2, 0.25) is 5.02 Å². The van der Waals surface area contributed by atoms with Crippen LogP contribution in [-0.2, 0) is 27.6 Å². The Morgan fingerprint density at radius 1 is 1.19 bits per heavy atom. The van der Waals surface area contributed by atoms with Crippen LogP contribution < -0.4 is 10.1 Å². The van der Waals surface area contributed by atoms with Crippen LogP contribution in [-0.4, -0.2) is 25.7 Å². The van der Waals surface area contributed by atoms with Crippen LogP contribution in [0.3, 0.4) is 0 Å². The molecule has 26 heavy (non-hydrogen) atoms. The second-order valence-corrected chi connectivity index (χ2v) is 9.27. The quantitative estimate of drug-likeness (QED) is 0.846. The van der Waals surface area contributed by atoms with Crippen molar-refractivity contribution in [1.82, 2.24) is 5.32 Å². The Hall–Kier alpha value is -2.05. The van der Waals surface area contributed by atoms with Gasteiger partial charge in [-0.2, -0.15) is 0 Å². The maximum Gasteiger partial charge on any atom is 0.263 e. The molecular formula is C19H20ClNO4S. The van der Waals surface area contributed by atoms with Gasteiger partial charge in [-0.15, -0.1) is 0 Å². The number of hydrogen-bond acceptors (Lipinski definition) is 4. The SMILES string of the molecule is CC(C)(Oc1ccc(Cl)cc1)C(=O)NCc1ccc2c(c1)CCS2(=O)=O. The van der Waals surface area contributed by atoms with Crippen molar-refractivity contribution in [3.63, 3.8) is 0 Å². The molecule has 0 saturated carbocycles. The number of nitrogens with one attached hydrogen (secondary N) is 1. The summed E-state index contributed by atoms with van der Waals surface area (Å²) in [5, 5.41) is 3.44. The van der Waals surface area contributed by atoms with Gasteiger partial charge in [0.25, 0.3) is 5.91 Å². The summed E-state index contributed by atoms with van der Waals surface area (Å²) in [6, 6.07) is 12.0. The molecule has 0 radical (unpaired) electrons. The highest BCUT2D eigenvalue weighted by Gasteiger charge is 2.30. The minimum Gasteiger partial charge on any atom is -0.478 e. The van der Waals surface area contributed by atoms with E-state index in [4.69, 9.17) is 16.3 Å². The molecule has 1 N–H and O–H groups in total. The zero-order chi connectivity index (χ0) is 18.9. The molecule has 0 spiro atoms. The number of hydrogen-bond donors (Lipinski definition) is 1. The van der Waals surface area contributed by atoms with E-state index in [2.05, 4.69) is 5.32 Å². The van der Waals surface area contributed by atoms with Gasteiger partial charge in [0.15, 0.2) is 15.4 Å². The van der Waals surface area contributed by atoms with Crippen LogP contribution in [0.25, 0.3) is 0 Å². The van der Waals surface area contributed by atoms with Crippen molar-refractivity contribution >= 4 is 27.3 Å². The lowest BCUT2D eigenvalue weighted by molar-refractivity contribution is -0.134. The number of rotatable bonds is 5. The van der Waals surface area contributed by atoms with E-state index < -0.39 is 15.4 Å². The van der Waals surface area contributed by atoms with Crippen LogP contribution >= 0.6 is 11.6 Å². The minimum atomic E-state index is -3.13. The minimum absolute atomic E-state index is 0.153. The first-order valence-electron chi connectivity index (χ1n) is 8.25. The third kappa shape index (κ3) is 4.02. The Balaban J connectivity index is 1.64. The second kappa shape index (κ2) is 6.93. The Morgan fingerprint density at radius 2 is 1.88 bits per heavy atom. The molecule has 0 fully saturated rings. The number of carbonyl (C=O) groups excluding carboxylic acids is 1. The first-order chi connectivity index (χ1) is 12.2. The third-order valence-corrected chi connectivity index (χ3v) is 6.35.